The molecule has 2 rings (SSSR count). The summed E-state index contributed by atoms with van der Waals surface area (Å²) in [6, 6.07) is 4.15. The van der Waals surface area contributed by atoms with Crippen LogP contribution in [0.5, 0.6) is 0 Å². The van der Waals surface area contributed by atoms with Crippen molar-refractivity contribution in [3.8, 4) is 0 Å². The predicted octanol–water partition coefficient (Wildman–Crippen LogP) is 3.41. The van der Waals surface area contributed by atoms with E-state index in [1.807, 2.05) is 6.07 Å². The zero-order valence-electron chi connectivity index (χ0n) is 11.2. The molecule has 1 aliphatic carbocycles. The van der Waals surface area contributed by atoms with Crippen LogP contribution in [0.2, 0.25) is 0 Å². The minimum absolute atomic E-state index is 0.205. The number of hydrogen-bond acceptors (Lipinski definition) is 3. The fraction of sp³-hybridized carbons (Fsp3) is 0.667. The minimum Gasteiger partial charge on any atom is -0.329 e. The highest BCUT2D eigenvalue weighted by Gasteiger charge is 2.38. The van der Waals surface area contributed by atoms with Crippen LogP contribution in [0.25, 0.3) is 0 Å². The number of rotatable bonds is 5. The summed E-state index contributed by atoms with van der Waals surface area (Å²) in [4.78, 5) is 13.8. The van der Waals surface area contributed by atoms with Crippen LogP contribution >= 0.6 is 11.3 Å². The fourth-order valence-electron chi connectivity index (χ4n) is 2.87. The number of Topliss-reactive ketones (excluding diaryl/α,β-unsaturated/α-hetero) is 1. The van der Waals surface area contributed by atoms with Gasteiger partial charge in [-0.2, -0.15) is 0 Å². The lowest BCUT2D eigenvalue weighted by atomic mass is 9.67. The normalized spacial score (nSPS) is 28.2. The van der Waals surface area contributed by atoms with Crippen LogP contribution in [0.15, 0.2) is 17.5 Å². The van der Waals surface area contributed by atoms with Crippen LogP contribution in [-0.4, -0.2) is 12.3 Å². The first kappa shape index (κ1) is 13.8. The molecule has 0 aliphatic heterocycles. The smallest absolute Gasteiger partial charge is 0.140 e. The van der Waals surface area contributed by atoms with E-state index in [1.165, 1.54) is 4.88 Å². The van der Waals surface area contributed by atoms with E-state index >= 15 is 0 Å². The number of carbonyl (C=O) groups is 1. The highest BCUT2D eigenvalue weighted by molar-refractivity contribution is 7.09. The maximum Gasteiger partial charge on any atom is 0.140 e. The molecule has 1 aliphatic rings. The molecule has 0 unspecified atom stereocenters. The topological polar surface area (TPSA) is 43.1 Å². The quantitative estimate of drug-likeness (QED) is 0.886. The van der Waals surface area contributed by atoms with E-state index in [2.05, 4.69) is 18.4 Å². The average Bonchev–Trinajstić information content (AvgIpc) is 2.90. The molecule has 0 bridgehead atoms. The molecule has 100 valence electrons. The van der Waals surface area contributed by atoms with Gasteiger partial charge in [0.15, 0.2) is 0 Å². The van der Waals surface area contributed by atoms with Crippen molar-refractivity contribution < 1.29 is 4.79 Å². The Hall–Kier alpha value is -0.670. The molecule has 1 heterocycles. The fourth-order valence-corrected chi connectivity index (χ4v) is 3.58. The predicted molar refractivity (Wildman–Crippen MR) is 76.8 cm³/mol. The highest BCUT2D eigenvalue weighted by Crippen LogP contribution is 2.39. The third kappa shape index (κ3) is 3.01. The SMILES string of the molecule is CC1CCC(CN)(C(=O)CCc2cccs2)CC1. The van der Waals surface area contributed by atoms with Gasteiger partial charge in [0.25, 0.3) is 0 Å². The maximum absolute atomic E-state index is 12.5. The zero-order valence-corrected chi connectivity index (χ0v) is 12.0. The van der Waals surface area contributed by atoms with E-state index < -0.39 is 0 Å². The molecule has 3 heteroatoms. The van der Waals surface area contributed by atoms with Gasteiger partial charge in [0.05, 0.1) is 0 Å². The summed E-state index contributed by atoms with van der Waals surface area (Å²) in [5, 5.41) is 2.07. The zero-order chi connectivity index (χ0) is 13.0. The summed E-state index contributed by atoms with van der Waals surface area (Å²) < 4.78 is 0. The minimum atomic E-state index is -0.205. The summed E-state index contributed by atoms with van der Waals surface area (Å²) in [5.41, 5.74) is 5.71. The standard InChI is InChI=1S/C15H23NOS/c1-12-6-8-15(11-16,9-7-12)14(17)5-4-13-3-2-10-18-13/h2-3,10,12H,4-9,11,16H2,1H3. The molecule has 0 saturated heterocycles. The number of aryl methyl sites for hydroxylation is 1. The first-order valence-corrected chi connectivity index (χ1v) is 7.80. The van der Waals surface area contributed by atoms with Crippen molar-refractivity contribution in [3.63, 3.8) is 0 Å². The molecule has 0 radical (unpaired) electrons. The lowest BCUT2D eigenvalue weighted by Gasteiger charge is -2.37. The molecule has 0 atom stereocenters. The monoisotopic (exact) mass is 265 g/mol. The van der Waals surface area contributed by atoms with Crippen molar-refractivity contribution in [1.82, 2.24) is 0 Å². The van der Waals surface area contributed by atoms with Gasteiger partial charge in [-0.3, -0.25) is 4.79 Å². The van der Waals surface area contributed by atoms with Crippen molar-refractivity contribution in [1.29, 1.82) is 0 Å². The molecule has 2 N–H and O–H groups in total. The van der Waals surface area contributed by atoms with Gasteiger partial charge in [0.2, 0.25) is 0 Å². The van der Waals surface area contributed by atoms with Gasteiger partial charge < -0.3 is 5.73 Å². The van der Waals surface area contributed by atoms with Crippen molar-refractivity contribution in [2.24, 2.45) is 17.1 Å². The Bertz CT molecular complexity index is 377. The number of carbonyl (C=O) groups excluding carboxylic acids is 1. The Morgan fingerprint density at radius 2 is 2.22 bits per heavy atom. The summed E-state index contributed by atoms with van der Waals surface area (Å²) in [6.07, 6.45) is 5.84. The highest BCUT2D eigenvalue weighted by atomic mass is 32.1. The molecular weight excluding hydrogens is 242 g/mol. The van der Waals surface area contributed by atoms with Gasteiger partial charge in [-0.05, 0) is 49.5 Å². The van der Waals surface area contributed by atoms with Crippen molar-refractivity contribution in [2.45, 2.75) is 45.4 Å². The maximum atomic E-state index is 12.5. The Labute approximate surface area is 114 Å². The molecule has 2 nitrogen and oxygen atoms in total. The summed E-state index contributed by atoms with van der Waals surface area (Å²) in [7, 11) is 0. The lowest BCUT2D eigenvalue weighted by molar-refractivity contribution is -0.130. The van der Waals surface area contributed by atoms with Gasteiger partial charge in [0, 0.05) is 23.3 Å². The lowest BCUT2D eigenvalue weighted by Crippen LogP contribution is -2.41. The Balaban J connectivity index is 1.93. The van der Waals surface area contributed by atoms with Gasteiger partial charge in [-0.15, -0.1) is 11.3 Å². The number of hydrogen-bond donors (Lipinski definition) is 1. The number of ketones is 1. The van der Waals surface area contributed by atoms with E-state index in [1.54, 1.807) is 11.3 Å². The second-order valence-electron chi connectivity index (χ2n) is 5.67. The van der Waals surface area contributed by atoms with Crippen LogP contribution in [0.3, 0.4) is 0 Å². The van der Waals surface area contributed by atoms with E-state index in [0.29, 0.717) is 18.7 Å². The number of nitrogens with two attached hydrogens (primary N) is 1. The Morgan fingerprint density at radius 3 is 2.78 bits per heavy atom. The van der Waals surface area contributed by atoms with Gasteiger partial charge in [-0.25, -0.2) is 0 Å². The second-order valence-corrected chi connectivity index (χ2v) is 6.70. The Kier molecular flexibility index (Phi) is 4.57. The van der Waals surface area contributed by atoms with Crippen LogP contribution in [0, 0.1) is 11.3 Å². The molecule has 1 saturated carbocycles. The first-order valence-electron chi connectivity index (χ1n) is 6.92. The van der Waals surface area contributed by atoms with E-state index in [4.69, 9.17) is 5.73 Å². The third-order valence-corrected chi connectivity index (χ3v) is 5.33. The van der Waals surface area contributed by atoms with Gasteiger partial charge in [0.1, 0.15) is 5.78 Å². The Morgan fingerprint density at radius 1 is 1.50 bits per heavy atom. The van der Waals surface area contributed by atoms with E-state index in [9.17, 15) is 4.79 Å². The molecular formula is C15H23NOS. The van der Waals surface area contributed by atoms with Crippen molar-refractivity contribution in [3.05, 3.63) is 22.4 Å². The summed E-state index contributed by atoms with van der Waals surface area (Å²) >= 11 is 1.73. The summed E-state index contributed by atoms with van der Waals surface area (Å²) in [5.74, 6) is 1.15. The van der Waals surface area contributed by atoms with Gasteiger partial charge >= 0.3 is 0 Å². The third-order valence-electron chi connectivity index (χ3n) is 4.39. The average molecular weight is 265 g/mol. The first-order chi connectivity index (χ1) is 8.66. The van der Waals surface area contributed by atoms with Crippen LogP contribution < -0.4 is 5.73 Å². The molecule has 0 amide bonds. The van der Waals surface area contributed by atoms with Gasteiger partial charge in [-0.1, -0.05) is 13.0 Å². The van der Waals surface area contributed by atoms with E-state index in [-0.39, 0.29) is 5.41 Å². The second kappa shape index (κ2) is 5.98. The number of thiophene rings is 1. The van der Waals surface area contributed by atoms with Crippen LogP contribution in [0.1, 0.15) is 43.9 Å². The largest absolute Gasteiger partial charge is 0.329 e. The molecule has 1 aromatic heterocycles. The molecule has 18 heavy (non-hydrogen) atoms. The molecule has 1 aromatic rings. The van der Waals surface area contributed by atoms with Crippen LogP contribution in [0.4, 0.5) is 0 Å². The summed E-state index contributed by atoms with van der Waals surface area (Å²) in [6.45, 7) is 2.81. The van der Waals surface area contributed by atoms with Crippen molar-refractivity contribution in [2.75, 3.05) is 6.54 Å². The van der Waals surface area contributed by atoms with E-state index in [0.717, 1.165) is 38.0 Å². The molecule has 0 aromatic carbocycles. The molecule has 1 fully saturated rings. The molecule has 0 spiro atoms. The van der Waals surface area contributed by atoms with Crippen LogP contribution in [-0.2, 0) is 11.2 Å². The van der Waals surface area contributed by atoms with Crippen molar-refractivity contribution >= 4 is 17.1 Å².